The molecule has 1 saturated heterocycles. The highest BCUT2D eigenvalue weighted by atomic mass is 16.7. The summed E-state index contributed by atoms with van der Waals surface area (Å²) in [5.74, 6) is 0. The summed E-state index contributed by atoms with van der Waals surface area (Å²) < 4.78 is 11.9. The Labute approximate surface area is 118 Å². The first kappa shape index (κ1) is 13.3. The van der Waals surface area contributed by atoms with Gasteiger partial charge in [0.2, 0.25) is 0 Å². The highest BCUT2D eigenvalue weighted by molar-refractivity contribution is 6.61. The molecular formula is C13H17BN4O2. The maximum atomic E-state index is 5.95. The predicted molar refractivity (Wildman–Crippen MR) is 74.9 cm³/mol. The summed E-state index contributed by atoms with van der Waals surface area (Å²) in [5.41, 5.74) is 0.702. The second kappa shape index (κ2) is 4.39. The monoisotopic (exact) mass is 272 g/mol. The van der Waals surface area contributed by atoms with E-state index >= 15 is 0 Å². The molecule has 1 fully saturated rings. The summed E-state index contributed by atoms with van der Waals surface area (Å²) in [6.07, 6.45) is 5.07. The molecule has 6 nitrogen and oxygen atoms in total. The number of nitrogens with zero attached hydrogens (tertiary/aromatic N) is 4. The standard InChI is InChI=1S/C13H17BN4O2/c1-12(2)13(3,4)20-14(19-12)11-9-16-18(17-11)10-6-5-7-15-8-10/h5-9H,1-4H3. The number of rotatable bonds is 2. The van der Waals surface area contributed by atoms with Crippen LogP contribution in [0.1, 0.15) is 27.7 Å². The zero-order valence-electron chi connectivity index (χ0n) is 12.1. The average molecular weight is 272 g/mol. The molecule has 3 rings (SSSR count). The summed E-state index contributed by atoms with van der Waals surface area (Å²) in [6.45, 7) is 8.05. The first-order chi connectivity index (χ1) is 9.39. The topological polar surface area (TPSA) is 62.1 Å². The Balaban J connectivity index is 1.86. The molecule has 0 N–H and O–H groups in total. The maximum Gasteiger partial charge on any atom is 0.518 e. The molecule has 0 radical (unpaired) electrons. The number of pyridine rings is 1. The van der Waals surface area contributed by atoms with Crippen molar-refractivity contribution < 1.29 is 9.31 Å². The van der Waals surface area contributed by atoms with Crippen LogP contribution in [0.25, 0.3) is 5.69 Å². The molecule has 1 aliphatic rings. The van der Waals surface area contributed by atoms with Crippen molar-refractivity contribution in [2.75, 3.05) is 0 Å². The van der Waals surface area contributed by atoms with Gasteiger partial charge in [0.1, 0.15) is 11.3 Å². The Morgan fingerprint density at radius 2 is 1.80 bits per heavy atom. The van der Waals surface area contributed by atoms with E-state index in [1.165, 1.54) is 4.80 Å². The average Bonchev–Trinajstić information content (AvgIpc) is 2.94. The van der Waals surface area contributed by atoms with Gasteiger partial charge in [-0.25, -0.2) is 0 Å². The molecule has 0 amide bonds. The predicted octanol–water partition coefficient (Wildman–Crippen LogP) is 0.961. The van der Waals surface area contributed by atoms with Gasteiger partial charge in [0.25, 0.3) is 0 Å². The van der Waals surface area contributed by atoms with Crippen LogP contribution in [0.5, 0.6) is 0 Å². The van der Waals surface area contributed by atoms with E-state index in [1.807, 2.05) is 39.8 Å². The summed E-state index contributed by atoms with van der Waals surface area (Å²) in [7, 11) is -0.495. The van der Waals surface area contributed by atoms with E-state index < -0.39 is 7.12 Å². The fraction of sp³-hybridized carbons (Fsp3) is 0.462. The van der Waals surface area contributed by atoms with Gasteiger partial charge in [-0.15, -0.1) is 0 Å². The lowest BCUT2D eigenvalue weighted by Crippen LogP contribution is -2.41. The molecular weight excluding hydrogens is 255 g/mol. The van der Waals surface area contributed by atoms with Crippen LogP contribution in [-0.4, -0.2) is 38.3 Å². The molecule has 0 aromatic carbocycles. The third-order valence-corrected chi connectivity index (χ3v) is 3.88. The first-order valence-corrected chi connectivity index (χ1v) is 6.57. The van der Waals surface area contributed by atoms with Gasteiger partial charge in [0, 0.05) is 6.20 Å². The van der Waals surface area contributed by atoms with Crippen LogP contribution >= 0.6 is 0 Å². The minimum atomic E-state index is -0.495. The second-order valence-corrected chi connectivity index (χ2v) is 5.86. The molecule has 20 heavy (non-hydrogen) atoms. The van der Waals surface area contributed by atoms with Crippen LogP contribution in [0, 0.1) is 0 Å². The van der Waals surface area contributed by atoms with E-state index in [1.54, 1.807) is 18.6 Å². The van der Waals surface area contributed by atoms with Crippen LogP contribution < -0.4 is 5.59 Å². The van der Waals surface area contributed by atoms with E-state index in [2.05, 4.69) is 15.2 Å². The highest BCUT2D eigenvalue weighted by Gasteiger charge is 2.52. The summed E-state index contributed by atoms with van der Waals surface area (Å²) in [5, 5.41) is 8.64. The van der Waals surface area contributed by atoms with Crippen molar-refractivity contribution in [3.63, 3.8) is 0 Å². The highest BCUT2D eigenvalue weighted by Crippen LogP contribution is 2.36. The lowest BCUT2D eigenvalue weighted by Gasteiger charge is -2.32. The summed E-state index contributed by atoms with van der Waals surface area (Å²) in [4.78, 5) is 5.57. The van der Waals surface area contributed by atoms with Crippen molar-refractivity contribution in [1.82, 2.24) is 20.0 Å². The van der Waals surface area contributed by atoms with Gasteiger partial charge in [-0.3, -0.25) is 4.98 Å². The van der Waals surface area contributed by atoms with E-state index in [0.717, 1.165) is 5.69 Å². The largest absolute Gasteiger partial charge is 0.518 e. The van der Waals surface area contributed by atoms with E-state index in [9.17, 15) is 0 Å². The molecule has 0 spiro atoms. The smallest absolute Gasteiger partial charge is 0.398 e. The first-order valence-electron chi connectivity index (χ1n) is 6.57. The van der Waals surface area contributed by atoms with Gasteiger partial charge in [0.05, 0.1) is 23.6 Å². The van der Waals surface area contributed by atoms with Gasteiger partial charge < -0.3 is 9.31 Å². The molecule has 2 aromatic rings. The fourth-order valence-corrected chi connectivity index (χ4v) is 1.94. The van der Waals surface area contributed by atoms with Crippen molar-refractivity contribution in [2.45, 2.75) is 38.9 Å². The van der Waals surface area contributed by atoms with Crippen molar-refractivity contribution >= 4 is 12.7 Å². The number of hydrogen-bond donors (Lipinski definition) is 0. The molecule has 1 aliphatic heterocycles. The van der Waals surface area contributed by atoms with Crippen LogP contribution in [0.3, 0.4) is 0 Å². The van der Waals surface area contributed by atoms with Gasteiger partial charge in [0.15, 0.2) is 0 Å². The van der Waals surface area contributed by atoms with Gasteiger partial charge in [-0.2, -0.15) is 15.0 Å². The molecule has 0 bridgehead atoms. The molecule has 0 saturated carbocycles. The zero-order chi connectivity index (χ0) is 14.4. The van der Waals surface area contributed by atoms with Crippen LogP contribution in [0.15, 0.2) is 30.7 Å². The van der Waals surface area contributed by atoms with E-state index in [0.29, 0.717) is 5.59 Å². The van der Waals surface area contributed by atoms with Gasteiger partial charge >= 0.3 is 7.12 Å². The Kier molecular flexibility index (Phi) is 2.91. The maximum absolute atomic E-state index is 5.95. The summed E-state index contributed by atoms with van der Waals surface area (Å²) in [6, 6.07) is 3.73. The second-order valence-electron chi connectivity index (χ2n) is 5.86. The Bertz CT molecular complexity index is 596. The van der Waals surface area contributed by atoms with Crippen molar-refractivity contribution in [3.8, 4) is 5.69 Å². The van der Waals surface area contributed by atoms with Crippen molar-refractivity contribution in [3.05, 3.63) is 30.7 Å². The SMILES string of the molecule is CC1(C)OB(c2cnn(-c3cccnc3)n2)OC1(C)C. The minimum absolute atomic E-state index is 0.379. The van der Waals surface area contributed by atoms with Crippen molar-refractivity contribution in [1.29, 1.82) is 0 Å². The third-order valence-electron chi connectivity index (χ3n) is 3.88. The molecule has 0 unspecified atom stereocenters. The third kappa shape index (κ3) is 2.12. The number of aromatic nitrogens is 4. The molecule has 0 atom stereocenters. The molecule has 7 heteroatoms. The normalized spacial score (nSPS) is 20.3. The van der Waals surface area contributed by atoms with E-state index in [-0.39, 0.29) is 11.2 Å². The minimum Gasteiger partial charge on any atom is -0.398 e. The van der Waals surface area contributed by atoms with Gasteiger partial charge in [-0.1, -0.05) is 0 Å². The number of hydrogen-bond acceptors (Lipinski definition) is 5. The lowest BCUT2D eigenvalue weighted by molar-refractivity contribution is 0.00578. The molecule has 2 aromatic heterocycles. The Morgan fingerprint density at radius 3 is 2.40 bits per heavy atom. The van der Waals surface area contributed by atoms with Crippen LogP contribution in [-0.2, 0) is 9.31 Å². The molecule has 104 valence electrons. The van der Waals surface area contributed by atoms with Crippen molar-refractivity contribution in [2.24, 2.45) is 0 Å². The molecule has 3 heterocycles. The summed E-state index contributed by atoms with van der Waals surface area (Å²) >= 11 is 0. The Morgan fingerprint density at radius 1 is 1.10 bits per heavy atom. The Hall–Kier alpha value is -1.73. The fourth-order valence-electron chi connectivity index (χ4n) is 1.94. The molecule has 0 aliphatic carbocycles. The van der Waals surface area contributed by atoms with Crippen LogP contribution in [0.4, 0.5) is 0 Å². The van der Waals surface area contributed by atoms with E-state index in [4.69, 9.17) is 9.31 Å². The van der Waals surface area contributed by atoms with Crippen LogP contribution in [0.2, 0.25) is 0 Å². The lowest BCUT2D eigenvalue weighted by atomic mass is 9.86. The van der Waals surface area contributed by atoms with Gasteiger partial charge in [-0.05, 0) is 39.8 Å². The zero-order valence-corrected chi connectivity index (χ0v) is 12.1. The quantitative estimate of drug-likeness (QED) is 0.762.